The second-order valence-electron chi connectivity index (χ2n) is 9.80. The van der Waals surface area contributed by atoms with E-state index in [1.54, 1.807) is 23.2 Å². The minimum atomic E-state index is -5.08. The van der Waals surface area contributed by atoms with E-state index in [2.05, 4.69) is 17.2 Å². The smallest absolute Gasteiger partial charge is 0.475 e. The summed E-state index contributed by atoms with van der Waals surface area (Å²) >= 11 is 0. The number of furan rings is 1. The molecule has 2 amide bonds. The SMILES string of the molecule is Cc1ccc(C(=O)N2C[C@@H](c3ccnn3C)[C@@]3(CCCN(Cc4ccccc4)C3=O)C2)o1.O=C(O)C(F)(F)F. The number of piperidine rings is 1. The number of alkyl halides is 3. The lowest BCUT2D eigenvalue weighted by molar-refractivity contribution is -0.192. The van der Waals surface area contributed by atoms with E-state index in [4.69, 9.17) is 14.3 Å². The van der Waals surface area contributed by atoms with Crippen LogP contribution in [-0.4, -0.2) is 68.3 Å². The second kappa shape index (κ2) is 11.0. The van der Waals surface area contributed by atoms with E-state index < -0.39 is 17.6 Å². The first-order valence-electron chi connectivity index (χ1n) is 12.4. The standard InChI is InChI=1S/C25H28N4O3.C2HF3O2/c1-18-9-10-22(32-18)23(30)29-16-20(21-11-13-26-27(21)2)25(17-29)12-6-14-28(24(25)31)15-19-7-4-3-5-8-19;3-2(4,5)1(6)7/h3-5,7-11,13,20H,6,12,14-17H2,1-2H3;(H,6,7)/t20-,25+;/m0./s1. The molecule has 0 radical (unpaired) electrons. The number of likely N-dealkylation sites (tertiary alicyclic amines) is 2. The first-order valence-corrected chi connectivity index (χ1v) is 12.4. The number of nitrogens with zero attached hydrogens (tertiary/aromatic N) is 4. The number of carbonyl (C=O) groups excluding carboxylic acids is 2. The van der Waals surface area contributed by atoms with Crippen molar-refractivity contribution in [2.45, 2.75) is 38.4 Å². The molecule has 2 fully saturated rings. The van der Waals surface area contributed by atoms with Crippen LogP contribution >= 0.6 is 0 Å². The molecule has 0 saturated carbocycles. The van der Waals surface area contributed by atoms with Crippen LogP contribution in [0.5, 0.6) is 0 Å². The average Bonchev–Trinajstić information content (AvgIpc) is 3.61. The van der Waals surface area contributed by atoms with Crippen LogP contribution in [0.3, 0.4) is 0 Å². The number of benzene rings is 1. The van der Waals surface area contributed by atoms with Gasteiger partial charge in [0.15, 0.2) is 5.76 Å². The lowest BCUT2D eigenvalue weighted by atomic mass is 9.70. The van der Waals surface area contributed by atoms with Gasteiger partial charge in [0.25, 0.3) is 5.91 Å². The average molecular weight is 547 g/mol. The van der Waals surface area contributed by atoms with Crippen molar-refractivity contribution in [2.75, 3.05) is 19.6 Å². The summed E-state index contributed by atoms with van der Waals surface area (Å²) in [5, 5.41) is 11.5. The van der Waals surface area contributed by atoms with Gasteiger partial charge in [0, 0.05) is 51.0 Å². The van der Waals surface area contributed by atoms with E-state index in [0.717, 1.165) is 30.6 Å². The lowest BCUT2D eigenvalue weighted by Gasteiger charge is -2.42. The van der Waals surface area contributed by atoms with Gasteiger partial charge in [-0.1, -0.05) is 30.3 Å². The molecule has 1 aromatic carbocycles. The predicted molar refractivity (Wildman–Crippen MR) is 133 cm³/mol. The summed E-state index contributed by atoms with van der Waals surface area (Å²) in [7, 11) is 1.90. The van der Waals surface area contributed by atoms with Crippen molar-refractivity contribution in [1.29, 1.82) is 0 Å². The molecule has 9 nitrogen and oxygen atoms in total. The first-order chi connectivity index (χ1) is 18.4. The summed E-state index contributed by atoms with van der Waals surface area (Å²) in [4.78, 5) is 39.9. The molecule has 3 aromatic rings. The van der Waals surface area contributed by atoms with Crippen molar-refractivity contribution in [3.05, 3.63) is 77.5 Å². The monoisotopic (exact) mass is 546 g/mol. The van der Waals surface area contributed by atoms with Gasteiger partial charge >= 0.3 is 12.1 Å². The van der Waals surface area contributed by atoms with Crippen LogP contribution in [0.1, 0.15) is 46.3 Å². The van der Waals surface area contributed by atoms with Crippen molar-refractivity contribution < 1.29 is 37.1 Å². The minimum Gasteiger partial charge on any atom is -0.475 e. The molecule has 4 heterocycles. The van der Waals surface area contributed by atoms with Gasteiger partial charge < -0.3 is 19.3 Å². The summed E-state index contributed by atoms with van der Waals surface area (Å²) in [6.07, 6.45) is -1.65. The molecule has 12 heteroatoms. The Labute approximate surface area is 222 Å². The summed E-state index contributed by atoms with van der Waals surface area (Å²) in [6.45, 7) is 4.02. The van der Waals surface area contributed by atoms with Crippen LogP contribution in [0, 0.1) is 12.3 Å². The number of halogens is 3. The van der Waals surface area contributed by atoms with Crippen molar-refractivity contribution in [3.8, 4) is 0 Å². The summed E-state index contributed by atoms with van der Waals surface area (Å²) < 4.78 is 39.2. The topological polar surface area (TPSA) is 109 Å². The minimum absolute atomic E-state index is 0.110. The highest BCUT2D eigenvalue weighted by atomic mass is 19.4. The molecule has 2 saturated heterocycles. The van der Waals surface area contributed by atoms with Crippen LogP contribution in [0.25, 0.3) is 0 Å². The van der Waals surface area contributed by atoms with E-state index in [0.29, 0.717) is 31.2 Å². The van der Waals surface area contributed by atoms with E-state index in [1.165, 1.54) is 0 Å². The molecule has 2 aliphatic heterocycles. The molecule has 0 aliphatic carbocycles. The Bertz CT molecular complexity index is 1340. The Hall–Kier alpha value is -4.09. The van der Waals surface area contributed by atoms with Crippen LogP contribution in [0.2, 0.25) is 0 Å². The number of carboxylic acid groups (broad SMARTS) is 1. The van der Waals surface area contributed by atoms with E-state index >= 15 is 0 Å². The van der Waals surface area contributed by atoms with Crippen molar-refractivity contribution >= 4 is 17.8 Å². The molecule has 2 aliphatic rings. The fourth-order valence-corrected chi connectivity index (χ4v) is 5.41. The zero-order chi connectivity index (χ0) is 28.4. The van der Waals surface area contributed by atoms with E-state index in [1.807, 2.05) is 47.8 Å². The van der Waals surface area contributed by atoms with Gasteiger partial charge in [-0.05, 0) is 43.5 Å². The van der Waals surface area contributed by atoms with Crippen LogP contribution in [-0.2, 0) is 23.2 Å². The van der Waals surface area contributed by atoms with Crippen LogP contribution < -0.4 is 0 Å². The number of aryl methyl sites for hydroxylation is 2. The fraction of sp³-hybridized carbons (Fsp3) is 0.407. The number of aromatic nitrogens is 2. The quantitative estimate of drug-likeness (QED) is 0.530. The van der Waals surface area contributed by atoms with Crippen molar-refractivity contribution in [1.82, 2.24) is 19.6 Å². The third-order valence-corrected chi connectivity index (χ3v) is 7.22. The Kier molecular flexibility index (Phi) is 7.84. The maximum atomic E-state index is 14.0. The maximum absolute atomic E-state index is 14.0. The molecule has 5 rings (SSSR count). The van der Waals surface area contributed by atoms with E-state index in [9.17, 15) is 22.8 Å². The number of hydrogen-bond donors (Lipinski definition) is 1. The molecule has 2 atom stereocenters. The zero-order valence-electron chi connectivity index (χ0n) is 21.5. The third-order valence-electron chi connectivity index (χ3n) is 7.22. The molecule has 0 bridgehead atoms. The highest BCUT2D eigenvalue weighted by Gasteiger charge is 2.57. The van der Waals surface area contributed by atoms with Gasteiger partial charge in [-0.25, -0.2) is 4.79 Å². The van der Waals surface area contributed by atoms with E-state index in [-0.39, 0.29) is 17.7 Å². The molecular formula is C27H29F3N4O5. The van der Waals surface area contributed by atoms with Gasteiger partial charge in [-0.2, -0.15) is 18.3 Å². The fourth-order valence-electron chi connectivity index (χ4n) is 5.41. The van der Waals surface area contributed by atoms with Gasteiger partial charge in [0.2, 0.25) is 5.91 Å². The Morgan fingerprint density at radius 2 is 1.85 bits per heavy atom. The Morgan fingerprint density at radius 3 is 2.41 bits per heavy atom. The number of hydrogen-bond acceptors (Lipinski definition) is 5. The van der Waals surface area contributed by atoms with Gasteiger partial charge in [0.05, 0.1) is 5.41 Å². The Morgan fingerprint density at radius 1 is 1.15 bits per heavy atom. The second-order valence-corrected chi connectivity index (χ2v) is 9.80. The predicted octanol–water partition coefficient (Wildman–Crippen LogP) is 4.00. The van der Waals surface area contributed by atoms with Gasteiger partial charge in [-0.3, -0.25) is 14.3 Å². The molecule has 1 N–H and O–H groups in total. The molecule has 2 aromatic heterocycles. The normalized spacial score (nSPS) is 21.2. The number of carboxylic acids is 1. The zero-order valence-corrected chi connectivity index (χ0v) is 21.5. The van der Waals surface area contributed by atoms with Crippen LogP contribution in [0.4, 0.5) is 13.2 Å². The molecule has 1 spiro atoms. The number of carbonyl (C=O) groups is 3. The summed E-state index contributed by atoms with van der Waals surface area (Å²) in [6, 6.07) is 15.6. The highest BCUT2D eigenvalue weighted by molar-refractivity contribution is 5.94. The summed E-state index contributed by atoms with van der Waals surface area (Å²) in [5.41, 5.74) is 1.45. The number of aliphatic carboxylic acids is 1. The molecular weight excluding hydrogens is 517 g/mol. The van der Waals surface area contributed by atoms with Crippen LogP contribution in [0.15, 0.2) is 59.1 Å². The maximum Gasteiger partial charge on any atom is 0.490 e. The molecule has 208 valence electrons. The first kappa shape index (κ1) is 27.9. The van der Waals surface area contributed by atoms with Crippen molar-refractivity contribution in [3.63, 3.8) is 0 Å². The third kappa shape index (κ3) is 5.84. The lowest BCUT2D eigenvalue weighted by Crippen LogP contribution is -2.52. The van der Waals surface area contributed by atoms with Gasteiger partial charge in [0.1, 0.15) is 5.76 Å². The van der Waals surface area contributed by atoms with Gasteiger partial charge in [-0.15, -0.1) is 0 Å². The molecule has 0 unspecified atom stereocenters. The molecule has 39 heavy (non-hydrogen) atoms. The number of rotatable bonds is 4. The summed E-state index contributed by atoms with van der Waals surface area (Å²) in [5.74, 6) is -1.87. The van der Waals surface area contributed by atoms with Crippen molar-refractivity contribution in [2.24, 2.45) is 12.5 Å². The Balaban J connectivity index is 0.000000448. The number of amides is 2. The highest BCUT2D eigenvalue weighted by Crippen LogP contribution is 2.49. The largest absolute Gasteiger partial charge is 0.490 e.